The average Bonchev–Trinajstić information content (AvgIpc) is 2.79. The monoisotopic (exact) mass is 324 g/mol. The van der Waals surface area contributed by atoms with E-state index in [9.17, 15) is 18.7 Å². The van der Waals surface area contributed by atoms with Gasteiger partial charge in [0.25, 0.3) is 0 Å². The first kappa shape index (κ1) is 17.4. The molecular weight excluding hydrogens is 302 g/mol. The standard InChI is InChI=1S/C17H22F2N2O2/c1-5-10(6-2)16-20-13-7-11(18)12(19)8-14(13)21(16)15(9(3)4)17(22)23/h7-10,15H,5-6H2,1-4H3,(H,22,23). The summed E-state index contributed by atoms with van der Waals surface area (Å²) in [5.41, 5.74) is 0.615. The number of hydrogen-bond acceptors (Lipinski definition) is 2. The summed E-state index contributed by atoms with van der Waals surface area (Å²) in [4.78, 5) is 16.2. The fraction of sp³-hybridized carbons (Fsp3) is 0.529. The Bertz CT molecular complexity index is 721. The summed E-state index contributed by atoms with van der Waals surface area (Å²) >= 11 is 0. The Balaban J connectivity index is 2.83. The van der Waals surface area contributed by atoms with Crippen LogP contribution in [0.3, 0.4) is 0 Å². The van der Waals surface area contributed by atoms with Gasteiger partial charge in [-0.3, -0.25) is 0 Å². The van der Waals surface area contributed by atoms with Gasteiger partial charge in [0.15, 0.2) is 11.6 Å². The van der Waals surface area contributed by atoms with Crippen molar-refractivity contribution in [2.45, 2.75) is 52.5 Å². The number of aliphatic carboxylic acids is 1. The van der Waals surface area contributed by atoms with Crippen LogP contribution in [0.5, 0.6) is 0 Å². The molecule has 4 nitrogen and oxygen atoms in total. The molecule has 1 N–H and O–H groups in total. The summed E-state index contributed by atoms with van der Waals surface area (Å²) in [6.07, 6.45) is 1.55. The van der Waals surface area contributed by atoms with Crippen LogP contribution in [0.25, 0.3) is 11.0 Å². The average molecular weight is 324 g/mol. The fourth-order valence-corrected chi connectivity index (χ4v) is 3.04. The number of halogens is 2. The number of carboxylic acid groups (broad SMARTS) is 1. The Hall–Kier alpha value is -1.98. The van der Waals surface area contributed by atoms with E-state index in [0.29, 0.717) is 11.3 Å². The summed E-state index contributed by atoms with van der Waals surface area (Å²) in [5.74, 6) is -2.58. The maximum atomic E-state index is 13.7. The van der Waals surface area contributed by atoms with Crippen molar-refractivity contribution >= 4 is 17.0 Å². The lowest BCUT2D eigenvalue weighted by Crippen LogP contribution is -2.26. The van der Waals surface area contributed by atoms with E-state index < -0.39 is 23.6 Å². The Labute approximate surface area is 134 Å². The van der Waals surface area contributed by atoms with Crippen molar-refractivity contribution in [3.63, 3.8) is 0 Å². The molecule has 0 saturated carbocycles. The summed E-state index contributed by atoms with van der Waals surface area (Å²) in [5, 5.41) is 9.63. The summed E-state index contributed by atoms with van der Waals surface area (Å²) in [6.45, 7) is 7.57. The highest BCUT2D eigenvalue weighted by Gasteiger charge is 2.30. The first-order valence-electron chi connectivity index (χ1n) is 7.91. The van der Waals surface area contributed by atoms with Gasteiger partial charge < -0.3 is 9.67 Å². The zero-order valence-corrected chi connectivity index (χ0v) is 13.8. The predicted octanol–water partition coefficient (Wildman–Crippen LogP) is 4.50. The number of imidazole rings is 1. The molecule has 0 aliphatic carbocycles. The third-order valence-electron chi connectivity index (χ3n) is 4.27. The molecule has 0 radical (unpaired) electrons. The van der Waals surface area contributed by atoms with Crippen LogP contribution in [-0.4, -0.2) is 20.6 Å². The highest BCUT2D eigenvalue weighted by atomic mass is 19.2. The van der Waals surface area contributed by atoms with E-state index >= 15 is 0 Å². The molecule has 126 valence electrons. The lowest BCUT2D eigenvalue weighted by molar-refractivity contribution is -0.142. The maximum absolute atomic E-state index is 13.7. The van der Waals surface area contributed by atoms with E-state index in [1.54, 1.807) is 18.4 Å². The maximum Gasteiger partial charge on any atom is 0.327 e. The minimum atomic E-state index is -1.00. The molecule has 0 amide bonds. The Morgan fingerprint density at radius 1 is 1.22 bits per heavy atom. The van der Waals surface area contributed by atoms with Gasteiger partial charge in [0.05, 0.1) is 11.0 Å². The molecular formula is C17H22F2N2O2. The number of hydrogen-bond donors (Lipinski definition) is 1. The summed E-state index contributed by atoms with van der Waals surface area (Å²) < 4.78 is 28.8. The number of aromatic nitrogens is 2. The molecule has 6 heteroatoms. The molecule has 2 aromatic rings. The lowest BCUT2D eigenvalue weighted by Gasteiger charge is -2.24. The topological polar surface area (TPSA) is 55.1 Å². The molecule has 0 spiro atoms. The second-order valence-electron chi connectivity index (χ2n) is 6.14. The van der Waals surface area contributed by atoms with Gasteiger partial charge in [-0.2, -0.15) is 0 Å². The van der Waals surface area contributed by atoms with Crippen LogP contribution in [0.4, 0.5) is 8.78 Å². The number of carboxylic acids is 1. The second kappa shape index (κ2) is 6.64. The molecule has 0 fully saturated rings. The van der Waals surface area contributed by atoms with Crippen LogP contribution in [-0.2, 0) is 4.79 Å². The van der Waals surface area contributed by atoms with Crippen LogP contribution < -0.4 is 0 Å². The highest BCUT2D eigenvalue weighted by molar-refractivity contribution is 5.81. The number of rotatable bonds is 6. The van der Waals surface area contributed by atoms with Crippen molar-refractivity contribution in [3.05, 3.63) is 29.6 Å². The number of benzene rings is 1. The van der Waals surface area contributed by atoms with E-state index in [1.165, 1.54) is 0 Å². The van der Waals surface area contributed by atoms with Crippen LogP contribution >= 0.6 is 0 Å². The third-order valence-corrected chi connectivity index (χ3v) is 4.27. The number of fused-ring (bicyclic) bond motifs is 1. The van der Waals surface area contributed by atoms with Gasteiger partial charge in [0, 0.05) is 18.1 Å². The summed E-state index contributed by atoms with van der Waals surface area (Å²) in [7, 11) is 0. The molecule has 0 aliphatic heterocycles. The van der Waals surface area contributed by atoms with Crippen molar-refractivity contribution < 1.29 is 18.7 Å². The predicted molar refractivity (Wildman–Crippen MR) is 84.5 cm³/mol. The Morgan fingerprint density at radius 3 is 2.26 bits per heavy atom. The van der Waals surface area contributed by atoms with Gasteiger partial charge in [-0.15, -0.1) is 0 Å². The molecule has 0 saturated heterocycles. The quantitative estimate of drug-likeness (QED) is 0.851. The van der Waals surface area contributed by atoms with Crippen LogP contribution in [0.2, 0.25) is 0 Å². The van der Waals surface area contributed by atoms with Crippen LogP contribution in [0, 0.1) is 17.6 Å². The zero-order valence-electron chi connectivity index (χ0n) is 13.8. The van der Waals surface area contributed by atoms with E-state index in [2.05, 4.69) is 4.98 Å². The molecule has 1 heterocycles. The van der Waals surface area contributed by atoms with E-state index in [0.717, 1.165) is 25.0 Å². The Kier molecular flexibility index (Phi) is 5.02. The first-order valence-corrected chi connectivity index (χ1v) is 7.91. The molecule has 0 aliphatic rings. The van der Waals surface area contributed by atoms with Crippen molar-refractivity contribution in [1.29, 1.82) is 0 Å². The number of nitrogens with zero attached hydrogens (tertiary/aromatic N) is 2. The smallest absolute Gasteiger partial charge is 0.327 e. The minimum absolute atomic E-state index is 0.0362. The summed E-state index contributed by atoms with van der Waals surface area (Å²) in [6, 6.07) is 1.20. The normalized spacial score (nSPS) is 13.2. The SMILES string of the molecule is CCC(CC)c1nc2cc(F)c(F)cc2n1C(C(=O)O)C(C)C. The van der Waals surface area contributed by atoms with Crippen molar-refractivity contribution in [3.8, 4) is 0 Å². The van der Waals surface area contributed by atoms with Gasteiger partial charge in [0.2, 0.25) is 0 Å². The molecule has 1 unspecified atom stereocenters. The molecule has 1 aromatic carbocycles. The highest BCUT2D eigenvalue weighted by Crippen LogP contribution is 2.33. The third kappa shape index (κ3) is 3.07. The molecule has 0 bridgehead atoms. The van der Waals surface area contributed by atoms with Crippen molar-refractivity contribution in [2.24, 2.45) is 5.92 Å². The second-order valence-corrected chi connectivity index (χ2v) is 6.14. The zero-order chi connectivity index (χ0) is 17.3. The van der Waals surface area contributed by atoms with Gasteiger partial charge in [0.1, 0.15) is 11.9 Å². The van der Waals surface area contributed by atoms with Crippen molar-refractivity contribution in [1.82, 2.24) is 9.55 Å². The van der Waals surface area contributed by atoms with Crippen LogP contribution in [0.15, 0.2) is 12.1 Å². The minimum Gasteiger partial charge on any atom is -0.480 e. The molecule has 23 heavy (non-hydrogen) atoms. The fourth-order valence-electron chi connectivity index (χ4n) is 3.04. The molecule has 1 atom stereocenters. The van der Waals surface area contributed by atoms with Gasteiger partial charge >= 0.3 is 5.97 Å². The molecule has 2 rings (SSSR count). The molecule has 1 aromatic heterocycles. The van der Waals surface area contributed by atoms with E-state index in [-0.39, 0.29) is 17.4 Å². The van der Waals surface area contributed by atoms with Crippen LogP contribution in [0.1, 0.15) is 58.3 Å². The largest absolute Gasteiger partial charge is 0.480 e. The van der Waals surface area contributed by atoms with Gasteiger partial charge in [-0.1, -0.05) is 27.7 Å². The van der Waals surface area contributed by atoms with E-state index in [1.807, 2.05) is 13.8 Å². The lowest BCUT2D eigenvalue weighted by atomic mass is 9.99. The number of carbonyl (C=O) groups is 1. The van der Waals surface area contributed by atoms with Gasteiger partial charge in [-0.05, 0) is 18.8 Å². The van der Waals surface area contributed by atoms with Crippen molar-refractivity contribution in [2.75, 3.05) is 0 Å². The first-order chi connectivity index (χ1) is 10.8. The van der Waals surface area contributed by atoms with E-state index in [4.69, 9.17) is 0 Å². The Morgan fingerprint density at radius 2 is 1.78 bits per heavy atom. The van der Waals surface area contributed by atoms with Gasteiger partial charge in [-0.25, -0.2) is 18.6 Å².